The molecule has 1 fully saturated rings. The zero-order valence-corrected chi connectivity index (χ0v) is 12.9. The van der Waals surface area contributed by atoms with Crippen LogP contribution in [-0.2, 0) is 0 Å². The molecule has 0 radical (unpaired) electrons. The molecule has 1 rings (SSSR count). The summed E-state index contributed by atoms with van der Waals surface area (Å²) in [4.78, 5) is 4.96. The summed E-state index contributed by atoms with van der Waals surface area (Å²) >= 11 is 0. The van der Waals surface area contributed by atoms with Crippen LogP contribution in [0.25, 0.3) is 0 Å². The van der Waals surface area contributed by atoms with Crippen molar-refractivity contribution in [2.45, 2.75) is 58.0 Å². The minimum atomic E-state index is 0.684. The fourth-order valence-electron chi connectivity index (χ4n) is 2.71. The van der Waals surface area contributed by atoms with E-state index in [0.717, 1.165) is 12.6 Å². The molecule has 3 heteroatoms. The van der Waals surface area contributed by atoms with E-state index in [2.05, 4.69) is 43.1 Å². The molecular formula is C15H33N3. The third kappa shape index (κ3) is 6.17. The van der Waals surface area contributed by atoms with Gasteiger partial charge in [0.05, 0.1) is 0 Å². The van der Waals surface area contributed by atoms with E-state index in [0.29, 0.717) is 6.04 Å². The fraction of sp³-hybridized carbons (Fsp3) is 1.00. The number of likely N-dealkylation sites (N-methyl/N-ethyl adjacent to an activating group) is 1. The lowest BCUT2D eigenvalue weighted by Crippen LogP contribution is -2.37. The Balaban J connectivity index is 2.01. The Morgan fingerprint density at radius 3 is 2.72 bits per heavy atom. The van der Waals surface area contributed by atoms with Crippen molar-refractivity contribution in [1.82, 2.24) is 15.1 Å². The van der Waals surface area contributed by atoms with Gasteiger partial charge in [0.1, 0.15) is 0 Å². The smallest absolute Gasteiger partial charge is 0.0229 e. The topological polar surface area (TPSA) is 18.5 Å². The molecule has 0 aromatic heterocycles. The number of nitrogens with zero attached hydrogens (tertiary/aromatic N) is 2. The molecule has 1 aliphatic rings. The molecule has 2 atom stereocenters. The van der Waals surface area contributed by atoms with Crippen molar-refractivity contribution in [2.24, 2.45) is 0 Å². The largest absolute Gasteiger partial charge is 0.313 e. The van der Waals surface area contributed by atoms with Crippen LogP contribution in [0.2, 0.25) is 0 Å². The molecule has 0 spiro atoms. The molecule has 2 unspecified atom stereocenters. The summed E-state index contributed by atoms with van der Waals surface area (Å²) in [6, 6.07) is 1.45. The third-order valence-electron chi connectivity index (χ3n) is 4.14. The normalized spacial score (nSPS) is 22.8. The van der Waals surface area contributed by atoms with Crippen LogP contribution in [0.3, 0.4) is 0 Å². The molecule has 0 aromatic rings. The number of rotatable bonds is 9. The molecule has 18 heavy (non-hydrogen) atoms. The predicted molar refractivity (Wildman–Crippen MR) is 80.1 cm³/mol. The van der Waals surface area contributed by atoms with E-state index in [1.807, 2.05) is 0 Å². The summed E-state index contributed by atoms with van der Waals surface area (Å²) in [5.41, 5.74) is 0. The van der Waals surface area contributed by atoms with E-state index in [-0.39, 0.29) is 0 Å². The van der Waals surface area contributed by atoms with Crippen molar-refractivity contribution in [3.05, 3.63) is 0 Å². The van der Waals surface area contributed by atoms with E-state index in [4.69, 9.17) is 0 Å². The molecule has 3 nitrogen and oxygen atoms in total. The maximum atomic E-state index is 3.66. The van der Waals surface area contributed by atoms with Gasteiger partial charge >= 0.3 is 0 Å². The summed E-state index contributed by atoms with van der Waals surface area (Å²) in [7, 11) is 4.39. The first-order chi connectivity index (χ1) is 8.63. The van der Waals surface area contributed by atoms with Gasteiger partial charge in [0.25, 0.3) is 0 Å². The van der Waals surface area contributed by atoms with Gasteiger partial charge in [-0.05, 0) is 40.4 Å². The lowest BCUT2D eigenvalue weighted by Gasteiger charge is -2.21. The summed E-state index contributed by atoms with van der Waals surface area (Å²) in [5.74, 6) is 0. The van der Waals surface area contributed by atoms with Gasteiger partial charge in [-0.15, -0.1) is 0 Å². The van der Waals surface area contributed by atoms with E-state index in [1.165, 1.54) is 51.7 Å². The Morgan fingerprint density at radius 2 is 2.11 bits per heavy atom. The molecule has 1 aliphatic heterocycles. The van der Waals surface area contributed by atoms with E-state index >= 15 is 0 Å². The summed E-state index contributed by atoms with van der Waals surface area (Å²) in [6.45, 7) is 9.47. The third-order valence-corrected chi connectivity index (χ3v) is 4.14. The van der Waals surface area contributed by atoms with Gasteiger partial charge in [0, 0.05) is 31.7 Å². The van der Waals surface area contributed by atoms with E-state index in [1.54, 1.807) is 0 Å². The van der Waals surface area contributed by atoms with Gasteiger partial charge in [-0.25, -0.2) is 0 Å². The van der Waals surface area contributed by atoms with Crippen molar-refractivity contribution >= 4 is 0 Å². The Hall–Kier alpha value is -0.120. The quantitative estimate of drug-likeness (QED) is 0.637. The Kier molecular flexibility index (Phi) is 7.87. The number of hydrogen-bond donors (Lipinski definition) is 1. The van der Waals surface area contributed by atoms with Crippen LogP contribution in [0, 0.1) is 0 Å². The lowest BCUT2D eigenvalue weighted by molar-refractivity contribution is 0.266. The van der Waals surface area contributed by atoms with Crippen LogP contribution in [-0.4, -0.2) is 62.2 Å². The summed E-state index contributed by atoms with van der Waals surface area (Å²) < 4.78 is 0. The SMILES string of the molecule is CCCCCC(C)NCCN1CCC(N(C)C)C1. The molecule has 0 aromatic carbocycles. The number of hydrogen-bond acceptors (Lipinski definition) is 3. The molecule has 0 aliphatic carbocycles. The highest BCUT2D eigenvalue weighted by Gasteiger charge is 2.23. The van der Waals surface area contributed by atoms with Crippen LogP contribution in [0.1, 0.15) is 46.0 Å². The average molecular weight is 255 g/mol. The second kappa shape index (κ2) is 8.89. The standard InChI is InChI=1S/C15H33N3/c1-5-6-7-8-14(2)16-10-12-18-11-9-15(13-18)17(3)4/h14-16H,5-13H2,1-4H3. The van der Waals surface area contributed by atoms with Gasteiger partial charge in [-0.1, -0.05) is 26.2 Å². The van der Waals surface area contributed by atoms with Gasteiger partial charge in [0.2, 0.25) is 0 Å². The maximum Gasteiger partial charge on any atom is 0.0229 e. The van der Waals surface area contributed by atoms with Crippen molar-refractivity contribution < 1.29 is 0 Å². The molecule has 1 N–H and O–H groups in total. The van der Waals surface area contributed by atoms with Crippen molar-refractivity contribution in [1.29, 1.82) is 0 Å². The van der Waals surface area contributed by atoms with Crippen LogP contribution in [0.4, 0.5) is 0 Å². The monoisotopic (exact) mass is 255 g/mol. The molecule has 1 saturated heterocycles. The molecular weight excluding hydrogens is 222 g/mol. The van der Waals surface area contributed by atoms with Gasteiger partial charge in [-0.3, -0.25) is 0 Å². The van der Waals surface area contributed by atoms with Crippen LogP contribution in [0.5, 0.6) is 0 Å². The fourth-order valence-corrected chi connectivity index (χ4v) is 2.71. The van der Waals surface area contributed by atoms with Crippen LogP contribution in [0.15, 0.2) is 0 Å². The van der Waals surface area contributed by atoms with E-state index < -0.39 is 0 Å². The van der Waals surface area contributed by atoms with Crippen molar-refractivity contribution in [3.63, 3.8) is 0 Å². The first-order valence-electron chi connectivity index (χ1n) is 7.75. The van der Waals surface area contributed by atoms with Gasteiger partial charge in [0.15, 0.2) is 0 Å². The highest BCUT2D eigenvalue weighted by molar-refractivity contribution is 4.81. The zero-order chi connectivity index (χ0) is 13.4. The molecule has 1 heterocycles. The highest BCUT2D eigenvalue weighted by Crippen LogP contribution is 2.12. The van der Waals surface area contributed by atoms with Crippen molar-refractivity contribution in [2.75, 3.05) is 40.3 Å². The van der Waals surface area contributed by atoms with Crippen molar-refractivity contribution in [3.8, 4) is 0 Å². The first kappa shape index (κ1) is 15.9. The highest BCUT2D eigenvalue weighted by atomic mass is 15.2. The number of unbranched alkanes of at least 4 members (excludes halogenated alkanes) is 2. The number of nitrogens with one attached hydrogen (secondary N) is 1. The Bertz CT molecular complexity index is 206. The lowest BCUT2D eigenvalue weighted by atomic mass is 10.1. The first-order valence-corrected chi connectivity index (χ1v) is 7.75. The molecule has 0 saturated carbocycles. The minimum Gasteiger partial charge on any atom is -0.313 e. The Morgan fingerprint density at radius 1 is 1.33 bits per heavy atom. The van der Waals surface area contributed by atoms with E-state index in [9.17, 15) is 0 Å². The second-order valence-corrected chi connectivity index (χ2v) is 6.06. The number of likely N-dealkylation sites (tertiary alicyclic amines) is 1. The molecule has 0 amide bonds. The average Bonchev–Trinajstić information content (AvgIpc) is 2.78. The minimum absolute atomic E-state index is 0.684. The summed E-state index contributed by atoms with van der Waals surface area (Å²) in [5, 5.41) is 3.66. The van der Waals surface area contributed by atoms with Crippen LogP contribution < -0.4 is 5.32 Å². The summed E-state index contributed by atoms with van der Waals surface area (Å²) in [6.07, 6.45) is 6.74. The Labute approximate surface area is 114 Å². The predicted octanol–water partition coefficient (Wildman–Crippen LogP) is 2.18. The van der Waals surface area contributed by atoms with Gasteiger partial charge < -0.3 is 15.1 Å². The maximum absolute atomic E-state index is 3.66. The molecule has 0 bridgehead atoms. The second-order valence-electron chi connectivity index (χ2n) is 6.06. The van der Waals surface area contributed by atoms with Gasteiger partial charge in [-0.2, -0.15) is 0 Å². The molecule has 108 valence electrons. The zero-order valence-electron chi connectivity index (χ0n) is 12.9. The van der Waals surface area contributed by atoms with Crippen LogP contribution >= 0.6 is 0 Å².